The third-order valence-corrected chi connectivity index (χ3v) is 10.4. The van der Waals surface area contributed by atoms with Crippen molar-refractivity contribution in [2.24, 2.45) is 4.99 Å². The average molecular weight is 636 g/mol. The molecule has 0 aliphatic heterocycles. The van der Waals surface area contributed by atoms with Crippen molar-refractivity contribution in [2.75, 3.05) is 0 Å². The fourth-order valence-corrected chi connectivity index (χ4v) is 7.80. The average Bonchev–Trinajstić information content (AvgIpc) is 3.73. The second-order valence-corrected chi connectivity index (χ2v) is 13.4. The molecular formula is C46H37NO2. The van der Waals surface area contributed by atoms with Gasteiger partial charge in [0.15, 0.2) is 0 Å². The van der Waals surface area contributed by atoms with Gasteiger partial charge in [0.05, 0.1) is 5.70 Å². The minimum absolute atomic E-state index is 0.0374. The Morgan fingerprint density at radius 3 is 2.37 bits per heavy atom. The normalized spacial score (nSPS) is 19.1. The molecular weight excluding hydrogens is 599 g/mol. The Balaban J connectivity index is 0.981. The van der Waals surface area contributed by atoms with E-state index >= 15 is 0 Å². The minimum Gasteiger partial charge on any atom is -0.461 e. The van der Waals surface area contributed by atoms with Gasteiger partial charge in [-0.3, -0.25) is 4.99 Å². The van der Waals surface area contributed by atoms with Gasteiger partial charge in [-0.05, 0) is 78.1 Å². The van der Waals surface area contributed by atoms with Crippen LogP contribution >= 0.6 is 0 Å². The Labute approximate surface area is 286 Å². The number of fused-ring (bicyclic) bond motifs is 6. The summed E-state index contributed by atoms with van der Waals surface area (Å²) in [4.78, 5) is 4.56. The Bertz CT molecular complexity index is 2470. The SMILES string of the molecule is C=N/C(=C\C(c1ccccc1)c1ccc(C2C=c3oc4c(c3=CC2)C=CCC4)cc1)C1=CCC(c2ccc3c(c2)oc2ccccc23)C=C1. The third kappa shape index (κ3) is 5.46. The van der Waals surface area contributed by atoms with Crippen molar-refractivity contribution < 1.29 is 8.83 Å². The van der Waals surface area contributed by atoms with Gasteiger partial charge in [-0.15, -0.1) is 0 Å². The zero-order valence-corrected chi connectivity index (χ0v) is 27.4. The van der Waals surface area contributed by atoms with Crippen molar-refractivity contribution >= 4 is 46.9 Å². The predicted molar refractivity (Wildman–Crippen MR) is 202 cm³/mol. The number of nitrogens with zero attached hydrogens (tertiary/aromatic N) is 1. The van der Waals surface area contributed by atoms with E-state index in [1.165, 1.54) is 33.0 Å². The summed E-state index contributed by atoms with van der Waals surface area (Å²) in [6, 6.07) is 34.7. The van der Waals surface area contributed by atoms with Crippen molar-refractivity contribution in [2.45, 2.75) is 43.4 Å². The van der Waals surface area contributed by atoms with Gasteiger partial charge in [-0.25, -0.2) is 0 Å². The number of aryl methyl sites for hydroxylation is 1. The first-order valence-corrected chi connectivity index (χ1v) is 17.4. The summed E-state index contributed by atoms with van der Waals surface area (Å²) in [5, 5.41) is 3.59. The van der Waals surface area contributed by atoms with Crippen LogP contribution in [0, 0.1) is 0 Å². The van der Waals surface area contributed by atoms with Crippen LogP contribution < -0.4 is 10.6 Å². The maximum absolute atomic E-state index is 6.30. The van der Waals surface area contributed by atoms with Crippen LogP contribution in [0.15, 0.2) is 153 Å². The topological polar surface area (TPSA) is 38.6 Å². The molecule has 2 heterocycles. The van der Waals surface area contributed by atoms with Crippen LogP contribution in [-0.4, -0.2) is 6.72 Å². The van der Waals surface area contributed by atoms with Crippen molar-refractivity contribution in [3.63, 3.8) is 0 Å². The molecule has 0 fully saturated rings. The number of hydrogen-bond acceptors (Lipinski definition) is 3. The molecule has 0 amide bonds. The first-order chi connectivity index (χ1) is 24.2. The van der Waals surface area contributed by atoms with E-state index in [-0.39, 0.29) is 11.8 Å². The lowest BCUT2D eigenvalue weighted by molar-refractivity contribution is 0.475. The number of hydrogen-bond donors (Lipinski definition) is 0. The molecule has 0 radical (unpaired) electrons. The van der Waals surface area contributed by atoms with E-state index in [0.29, 0.717) is 5.92 Å². The summed E-state index contributed by atoms with van der Waals surface area (Å²) in [6.45, 7) is 4.00. The van der Waals surface area contributed by atoms with Crippen LogP contribution in [-0.2, 0) is 6.42 Å². The fraction of sp³-hybridized carbons (Fsp3) is 0.152. The first kappa shape index (κ1) is 29.5. The van der Waals surface area contributed by atoms with Crippen molar-refractivity contribution in [1.29, 1.82) is 0 Å². The zero-order chi connectivity index (χ0) is 32.7. The Hall–Kier alpha value is -5.67. The summed E-state index contributed by atoms with van der Waals surface area (Å²) in [5.74, 6) is 1.74. The number of furan rings is 2. The third-order valence-electron chi connectivity index (χ3n) is 10.4. The lowest BCUT2D eigenvalue weighted by Gasteiger charge is -2.20. The van der Waals surface area contributed by atoms with Crippen molar-refractivity contribution in [3.05, 3.63) is 183 Å². The second-order valence-electron chi connectivity index (χ2n) is 13.4. The molecule has 4 aromatic carbocycles. The lowest BCUT2D eigenvalue weighted by atomic mass is 9.85. The Kier molecular flexibility index (Phi) is 7.46. The van der Waals surface area contributed by atoms with Gasteiger partial charge in [0.2, 0.25) is 0 Å². The smallest absolute Gasteiger partial charge is 0.135 e. The Morgan fingerprint density at radius 2 is 1.53 bits per heavy atom. The van der Waals surface area contributed by atoms with Crippen LogP contribution in [0.25, 0.3) is 40.2 Å². The second kappa shape index (κ2) is 12.4. The monoisotopic (exact) mass is 635 g/mol. The molecule has 3 aliphatic carbocycles. The summed E-state index contributed by atoms with van der Waals surface area (Å²) in [6.07, 6.45) is 22.1. The van der Waals surface area contributed by atoms with Crippen LogP contribution in [0.5, 0.6) is 0 Å². The Morgan fingerprint density at radius 1 is 0.755 bits per heavy atom. The standard InChI is InChI=1S/C46H37NO2/c1-47-42(34-21-17-31(18-22-34)36-24-26-40-38-12-6-8-14-44(38)49-46(40)28-36)29-41(32-9-3-2-4-10-32)33-19-15-30(16-20-33)35-23-25-39-37-11-5-7-13-43(37)48-45(39)27-35/h2-6,8-12,14-17,19-22,24-29,31,35,41H,1,7,13,18,23H2/b42-29-. The highest BCUT2D eigenvalue weighted by atomic mass is 16.3. The largest absolute Gasteiger partial charge is 0.461 e. The number of allylic oxidation sites excluding steroid dienone is 5. The number of rotatable bonds is 7. The van der Waals surface area contributed by atoms with Crippen LogP contribution in [0.4, 0.5) is 0 Å². The molecule has 0 saturated carbocycles. The van der Waals surface area contributed by atoms with Crippen molar-refractivity contribution in [3.8, 4) is 0 Å². The molecule has 3 atom stereocenters. The summed E-state index contributed by atoms with van der Waals surface area (Å²) in [7, 11) is 0. The van der Waals surface area contributed by atoms with Gasteiger partial charge in [0, 0.05) is 45.7 Å². The van der Waals surface area contributed by atoms with E-state index in [4.69, 9.17) is 8.83 Å². The predicted octanol–water partition coefficient (Wildman–Crippen LogP) is 10.3. The molecule has 3 aliphatic rings. The fourth-order valence-electron chi connectivity index (χ4n) is 7.80. The highest BCUT2D eigenvalue weighted by Crippen LogP contribution is 2.36. The summed E-state index contributed by atoms with van der Waals surface area (Å²) < 4.78 is 12.5. The van der Waals surface area contributed by atoms with Crippen LogP contribution in [0.3, 0.4) is 0 Å². The minimum atomic E-state index is 0.0374. The molecule has 0 N–H and O–H groups in total. The van der Waals surface area contributed by atoms with Gasteiger partial charge in [0.1, 0.15) is 22.3 Å². The van der Waals surface area contributed by atoms with Crippen LogP contribution in [0.2, 0.25) is 0 Å². The molecule has 6 aromatic rings. The molecule has 0 bridgehead atoms. The van der Waals surface area contributed by atoms with Gasteiger partial charge in [-0.2, -0.15) is 0 Å². The van der Waals surface area contributed by atoms with Gasteiger partial charge in [0.25, 0.3) is 0 Å². The van der Waals surface area contributed by atoms with Gasteiger partial charge < -0.3 is 8.83 Å². The van der Waals surface area contributed by atoms with E-state index in [9.17, 15) is 0 Å². The summed E-state index contributed by atoms with van der Waals surface area (Å²) in [5.41, 5.74) is 11.2. The number of aliphatic imine (C=N–C) groups is 1. The maximum atomic E-state index is 6.30. The molecule has 0 spiro atoms. The molecule has 9 rings (SSSR count). The molecule has 3 unspecified atom stereocenters. The molecule has 238 valence electrons. The van der Waals surface area contributed by atoms with Gasteiger partial charge in [-0.1, -0.05) is 121 Å². The molecule has 0 saturated heterocycles. The zero-order valence-electron chi connectivity index (χ0n) is 27.4. The molecule has 3 heteroatoms. The first-order valence-electron chi connectivity index (χ1n) is 17.4. The van der Waals surface area contributed by atoms with E-state index in [2.05, 4.69) is 145 Å². The number of para-hydroxylation sites is 1. The quantitative estimate of drug-likeness (QED) is 0.164. The maximum Gasteiger partial charge on any atom is 0.135 e. The van der Waals surface area contributed by atoms with E-state index in [0.717, 1.165) is 70.1 Å². The molecule has 49 heavy (non-hydrogen) atoms. The van der Waals surface area contributed by atoms with E-state index < -0.39 is 0 Å². The summed E-state index contributed by atoms with van der Waals surface area (Å²) >= 11 is 0. The molecule has 2 aromatic heterocycles. The van der Waals surface area contributed by atoms with E-state index in [1.807, 2.05) is 12.1 Å². The number of benzene rings is 4. The lowest BCUT2D eigenvalue weighted by Crippen LogP contribution is -2.26. The van der Waals surface area contributed by atoms with Gasteiger partial charge >= 0.3 is 0 Å². The van der Waals surface area contributed by atoms with Crippen molar-refractivity contribution in [1.82, 2.24) is 0 Å². The molecule has 3 nitrogen and oxygen atoms in total. The van der Waals surface area contributed by atoms with E-state index in [1.54, 1.807) is 0 Å². The highest BCUT2D eigenvalue weighted by Gasteiger charge is 2.21. The highest BCUT2D eigenvalue weighted by molar-refractivity contribution is 6.04. The van der Waals surface area contributed by atoms with Crippen LogP contribution in [0.1, 0.15) is 70.6 Å².